The number of rotatable bonds is 4. The molecule has 0 aromatic heterocycles. The van der Waals surface area contributed by atoms with E-state index in [2.05, 4.69) is 0 Å². The van der Waals surface area contributed by atoms with E-state index in [9.17, 15) is 22.1 Å². The molecule has 0 spiro atoms. The van der Waals surface area contributed by atoms with Gasteiger partial charge in [0, 0.05) is 37.3 Å². The van der Waals surface area contributed by atoms with Crippen LogP contribution in [0.5, 0.6) is 11.5 Å². The standard InChI is InChI=1S/C19H18ClN3O6S2/c20-15-2-1-14(13-21)19(11-15)31(26,27)23-7-5-22(6-8-23)30(24,25)16-3-4-17-18(12-16)29-10-9-28-17/h1-4,11-12H,5-10H2. The summed E-state index contributed by atoms with van der Waals surface area (Å²) in [6, 6.07) is 10.3. The number of sulfonamides is 2. The summed E-state index contributed by atoms with van der Waals surface area (Å²) < 4.78 is 65.4. The van der Waals surface area contributed by atoms with Crippen LogP contribution in [-0.4, -0.2) is 64.8 Å². The zero-order valence-corrected chi connectivity index (χ0v) is 18.6. The van der Waals surface area contributed by atoms with Crippen molar-refractivity contribution in [2.75, 3.05) is 39.4 Å². The average Bonchev–Trinajstić information content (AvgIpc) is 2.78. The third-order valence-electron chi connectivity index (χ3n) is 5.03. The minimum Gasteiger partial charge on any atom is -0.486 e. The molecule has 0 saturated carbocycles. The molecule has 2 aromatic rings. The summed E-state index contributed by atoms with van der Waals surface area (Å²) in [6.45, 7) is 0.570. The van der Waals surface area contributed by atoms with Crippen molar-refractivity contribution in [2.45, 2.75) is 9.79 Å². The number of hydrogen-bond acceptors (Lipinski definition) is 7. The van der Waals surface area contributed by atoms with Crippen LogP contribution < -0.4 is 9.47 Å². The van der Waals surface area contributed by atoms with Crippen LogP contribution in [0, 0.1) is 11.3 Å². The molecule has 0 aliphatic carbocycles. The Hall–Kier alpha value is -2.36. The van der Waals surface area contributed by atoms with Gasteiger partial charge in [0.2, 0.25) is 20.0 Å². The van der Waals surface area contributed by atoms with Crippen molar-refractivity contribution < 1.29 is 26.3 Å². The Kier molecular flexibility index (Phi) is 5.85. The van der Waals surface area contributed by atoms with Crippen LogP contribution >= 0.6 is 11.6 Å². The highest BCUT2D eigenvalue weighted by atomic mass is 35.5. The smallest absolute Gasteiger partial charge is 0.244 e. The normalized spacial score (nSPS) is 17.8. The average molecular weight is 484 g/mol. The number of benzene rings is 2. The topological polar surface area (TPSA) is 117 Å². The minimum atomic E-state index is -4.00. The van der Waals surface area contributed by atoms with Gasteiger partial charge in [0.15, 0.2) is 11.5 Å². The maximum Gasteiger partial charge on any atom is 0.244 e. The fraction of sp³-hybridized carbons (Fsp3) is 0.316. The Balaban J connectivity index is 1.53. The van der Waals surface area contributed by atoms with E-state index in [0.717, 1.165) is 4.31 Å². The monoisotopic (exact) mass is 483 g/mol. The van der Waals surface area contributed by atoms with E-state index in [4.69, 9.17) is 21.1 Å². The van der Waals surface area contributed by atoms with E-state index in [-0.39, 0.29) is 46.6 Å². The van der Waals surface area contributed by atoms with Crippen molar-refractivity contribution in [1.82, 2.24) is 8.61 Å². The van der Waals surface area contributed by atoms with E-state index in [1.54, 1.807) is 6.07 Å². The maximum atomic E-state index is 13.0. The molecule has 164 valence electrons. The molecule has 9 nitrogen and oxygen atoms in total. The van der Waals surface area contributed by atoms with Crippen molar-refractivity contribution in [2.24, 2.45) is 0 Å². The van der Waals surface area contributed by atoms with Crippen LogP contribution in [0.1, 0.15) is 5.56 Å². The SMILES string of the molecule is N#Cc1ccc(Cl)cc1S(=O)(=O)N1CCN(S(=O)(=O)c2ccc3c(c2)OCCO3)CC1. The van der Waals surface area contributed by atoms with Crippen LogP contribution in [0.15, 0.2) is 46.2 Å². The number of halogens is 1. The van der Waals surface area contributed by atoms with Crippen LogP contribution in [0.25, 0.3) is 0 Å². The van der Waals surface area contributed by atoms with Gasteiger partial charge in [0.1, 0.15) is 24.2 Å². The molecule has 1 saturated heterocycles. The molecule has 0 unspecified atom stereocenters. The Bertz CT molecular complexity index is 1270. The summed E-state index contributed by atoms with van der Waals surface area (Å²) in [5, 5.41) is 9.44. The summed E-state index contributed by atoms with van der Waals surface area (Å²) in [5.41, 5.74) is -0.0178. The predicted molar refractivity (Wildman–Crippen MR) is 111 cm³/mol. The maximum absolute atomic E-state index is 13.0. The number of hydrogen-bond donors (Lipinski definition) is 0. The lowest BCUT2D eigenvalue weighted by atomic mass is 10.2. The van der Waals surface area contributed by atoms with E-state index in [0.29, 0.717) is 24.7 Å². The third kappa shape index (κ3) is 4.09. The number of piperazine rings is 1. The Morgan fingerprint density at radius 3 is 2.10 bits per heavy atom. The predicted octanol–water partition coefficient (Wildman–Crippen LogP) is 1.68. The lowest BCUT2D eigenvalue weighted by Gasteiger charge is -2.33. The lowest BCUT2D eigenvalue weighted by Crippen LogP contribution is -2.50. The fourth-order valence-corrected chi connectivity index (χ4v) is 6.69. The fourth-order valence-electron chi connectivity index (χ4n) is 3.42. The molecule has 31 heavy (non-hydrogen) atoms. The van der Waals surface area contributed by atoms with E-state index >= 15 is 0 Å². The van der Waals surface area contributed by atoms with Crippen LogP contribution in [-0.2, 0) is 20.0 Å². The van der Waals surface area contributed by atoms with Gasteiger partial charge >= 0.3 is 0 Å². The summed E-state index contributed by atoms with van der Waals surface area (Å²) in [4.78, 5) is -0.139. The van der Waals surface area contributed by atoms with Gasteiger partial charge in [-0.3, -0.25) is 0 Å². The Labute approximate surface area is 185 Å². The molecule has 1 fully saturated rings. The van der Waals surface area contributed by atoms with Crippen molar-refractivity contribution in [1.29, 1.82) is 5.26 Å². The minimum absolute atomic E-state index is 0.0178. The first-order valence-electron chi connectivity index (χ1n) is 9.33. The summed E-state index contributed by atoms with van der Waals surface area (Å²) in [6.07, 6.45) is 0. The van der Waals surface area contributed by atoms with Crippen LogP contribution in [0.4, 0.5) is 0 Å². The van der Waals surface area contributed by atoms with Gasteiger partial charge in [-0.05, 0) is 30.3 Å². The first kappa shape index (κ1) is 21.9. The van der Waals surface area contributed by atoms with Gasteiger partial charge in [-0.25, -0.2) is 16.8 Å². The summed E-state index contributed by atoms with van der Waals surface area (Å²) in [7, 11) is -7.85. The summed E-state index contributed by atoms with van der Waals surface area (Å²) in [5.74, 6) is 0.842. The molecule has 12 heteroatoms. The third-order valence-corrected chi connectivity index (χ3v) is 9.10. The molecular weight excluding hydrogens is 466 g/mol. The number of ether oxygens (including phenoxy) is 2. The molecule has 2 aromatic carbocycles. The lowest BCUT2D eigenvalue weighted by molar-refractivity contribution is 0.171. The van der Waals surface area contributed by atoms with E-state index < -0.39 is 20.0 Å². The molecule has 0 N–H and O–H groups in total. The van der Waals surface area contributed by atoms with E-state index in [1.165, 1.54) is 34.6 Å². The molecule has 0 amide bonds. The van der Waals surface area contributed by atoms with Gasteiger partial charge in [-0.15, -0.1) is 0 Å². The van der Waals surface area contributed by atoms with Crippen molar-refractivity contribution in [3.8, 4) is 17.6 Å². The molecule has 0 radical (unpaired) electrons. The van der Waals surface area contributed by atoms with Crippen LogP contribution in [0.2, 0.25) is 5.02 Å². The molecule has 4 rings (SSSR count). The Morgan fingerprint density at radius 1 is 0.839 bits per heavy atom. The number of fused-ring (bicyclic) bond motifs is 1. The zero-order valence-electron chi connectivity index (χ0n) is 16.2. The first-order valence-corrected chi connectivity index (χ1v) is 12.6. The number of nitrogens with zero attached hydrogens (tertiary/aromatic N) is 3. The van der Waals surface area contributed by atoms with Gasteiger partial charge in [-0.1, -0.05) is 11.6 Å². The molecule has 2 aliphatic rings. The molecule has 2 heterocycles. The second-order valence-corrected chi connectivity index (χ2v) is 11.1. The van der Waals surface area contributed by atoms with Gasteiger partial charge < -0.3 is 9.47 Å². The second-order valence-electron chi connectivity index (χ2n) is 6.87. The molecule has 0 atom stereocenters. The second kappa shape index (κ2) is 8.29. The van der Waals surface area contributed by atoms with Gasteiger partial charge in [0.05, 0.1) is 10.5 Å². The zero-order chi connectivity index (χ0) is 22.2. The van der Waals surface area contributed by atoms with Gasteiger partial charge in [-0.2, -0.15) is 13.9 Å². The molecular formula is C19H18ClN3O6S2. The quantitative estimate of drug-likeness (QED) is 0.649. The highest BCUT2D eigenvalue weighted by Gasteiger charge is 2.35. The highest BCUT2D eigenvalue weighted by Crippen LogP contribution is 2.33. The van der Waals surface area contributed by atoms with E-state index in [1.807, 2.05) is 6.07 Å². The van der Waals surface area contributed by atoms with Gasteiger partial charge in [0.25, 0.3) is 0 Å². The molecule has 0 bridgehead atoms. The van der Waals surface area contributed by atoms with Crippen molar-refractivity contribution in [3.05, 3.63) is 47.0 Å². The van der Waals surface area contributed by atoms with Crippen LogP contribution in [0.3, 0.4) is 0 Å². The first-order chi connectivity index (χ1) is 14.7. The molecule has 2 aliphatic heterocycles. The number of nitriles is 1. The Morgan fingerprint density at radius 2 is 1.45 bits per heavy atom. The van der Waals surface area contributed by atoms with Crippen molar-refractivity contribution in [3.63, 3.8) is 0 Å². The summed E-state index contributed by atoms with van der Waals surface area (Å²) >= 11 is 5.92. The highest BCUT2D eigenvalue weighted by molar-refractivity contribution is 7.89. The largest absolute Gasteiger partial charge is 0.486 e. The van der Waals surface area contributed by atoms with Crippen molar-refractivity contribution >= 4 is 31.6 Å².